The molecule has 0 aliphatic heterocycles. The van der Waals surface area contributed by atoms with Crippen LogP contribution in [-0.2, 0) is 20.1 Å². The minimum Gasteiger partial charge on any atom is -0.337 e. The Morgan fingerprint density at radius 2 is 1.96 bits per heavy atom. The molecule has 4 nitrogen and oxygen atoms in total. The molecule has 2 aromatic carbocycles. The van der Waals surface area contributed by atoms with Gasteiger partial charge in [0.2, 0.25) is 0 Å². The Hall–Kier alpha value is -2.66. The molecule has 0 atom stereocenters. The highest BCUT2D eigenvalue weighted by molar-refractivity contribution is 6.31. The van der Waals surface area contributed by atoms with E-state index >= 15 is 0 Å². The molecular formula is C19H17ClFN3O. The van der Waals surface area contributed by atoms with E-state index in [-0.39, 0.29) is 12.5 Å². The molecule has 0 saturated heterocycles. The number of aromatic nitrogens is 2. The van der Waals surface area contributed by atoms with Crippen molar-refractivity contribution in [3.8, 4) is 0 Å². The summed E-state index contributed by atoms with van der Waals surface area (Å²) in [6.07, 6.45) is 3.51. The van der Waals surface area contributed by atoms with Gasteiger partial charge in [-0.15, -0.1) is 0 Å². The van der Waals surface area contributed by atoms with E-state index in [0.29, 0.717) is 22.7 Å². The molecule has 0 N–H and O–H groups in total. The molecule has 0 aliphatic carbocycles. The molecule has 3 rings (SSSR count). The molecule has 0 radical (unpaired) electrons. The van der Waals surface area contributed by atoms with E-state index in [9.17, 15) is 9.18 Å². The first-order valence-corrected chi connectivity index (χ1v) is 8.17. The van der Waals surface area contributed by atoms with E-state index in [1.54, 1.807) is 29.3 Å². The van der Waals surface area contributed by atoms with E-state index in [1.165, 1.54) is 12.1 Å². The number of carbonyl (C=O) groups excluding carboxylic acids is 1. The summed E-state index contributed by atoms with van der Waals surface area (Å²) in [5, 5.41) is 0.297. The molecule has 0 saturated carbocycles. The van der Waals surface area contributed by atoms with Crippen LogP contribution in [0, 0.1) is 5.82 Å². The molecule has 0 fully saturated rings. The summed E-state index contributed by atoms with van der Waals surface area (Å²) in [5.41, 5.74) is 1.26. The first kappa shape index (κ1) is 17.2. The molecule has 0 bridgehead atoms. The lowest BCUT2D eigenvalue weighted by molar-refractivity contribution is 0.0724. The zero-order chi connectivity index (χ0) is 17.8. The lowest BCUT2D eigenvalue weighted by Crippen LogP contribution is -2.31. The first-order valence-electron chi connectivity index (χ1n) is 7.79. The maximum Gasteiger partial charge on any atom is 0.254 e. The molecule has 6 heteroatoms. The van der Waals surface area contributed by atoms with Gasteiger partial charge in [0.15, 0.2) is 0 Å². The number of imidazole rings is 1. The van der Waals surface area contributed by atoms with Gasteiger partial charge in [-0.3, -0.25) is 4.79 Å². The van der Waals surface area contributed by atoms with Crippen LogP contribution in [0.4, 0.5) is 4.39 Å². The number of amides is 1. The van der Waals surface area contributed by atoms with Gasteiger partial charge in [0.05, 0.1) is 6.54 Å². The molecule has 0 spiro atoms. The fourth-order valence-electron chi connectivity index (χ4n) is 2.54. The van der Waals surface area contributed by atoms with Crippen LogP contribution in [0.25, 0.3) is 0 Å². The third-order valence-electron chi connectivity index (χ3n) is 3.94. The van der Waals surface area contributed by atoms with Gasteiger partial charge in [0, 0.05) is 36.6 Å². The van der Waals surface area contributed by atoms with Crippen molar-refractivity contribution in [1.82, 2.24) is 14.5 Å². The van der Waals surface area contributed by atoms with Crippen molar-refractivity contribution in [1.29, 1.82) is 0 Å². The Labute approximate surface area is 150 Å². The number of hydrogen-bond acceptors (Lipinski definition) is 2. The monoisotopic (exact) mass is 357 g/mol. The third-order valence-corrected chi connectivity index (χ3v) is 4.29. The van der Waals surface area contributed by atoms with Crippen molar-refractivity contribution in [2.45, 2.75) is 13.1 Å². The van der Waals surface area contributed by atoms with E-state index in [1.807, 2.05) is 36.0 Å². The van der Waals surface area contributed by atoms with Gasteiger partial charge in [-0.25, -0.2) is 9.37 Å². The molecule has 0 aliphatic rings. The Morgan fingerprint density at radius 3 is 2.60 bits per heavy atom. The largest absolute Gasteiger partial charge is 0.337 e. The summed E-state index contributed by atoms with van der Waals surface area (Å²) in [4.78, 5) is 18.9. The van der Waals surface area contributed by atoms with E-state index < -0.39 is 5.82 Å². The molecule has 25 heavy (non-hydrogen) atoms. The second kappa shape index (κ2) is 7.49. The first-order chi connectivity index (χ1) is 12.0. The van der Waals surface area contributed by atoms with Crippen molar-refractivity contribution >= 4 is 17.5 Å². The number of hydrogen-bond donors (Lipinski definition) is 0. The highest BCUT2D eigenvalue weighted by Gasteiger charge is 2.19. The molecule has 1 amide bonds. The van der Waals surface area contributed by atoms with E-state index in [4.69, 9.17) is 11.6 Å². The maximum absolute atomic E-state index is 13.3. The lowest BCUT2D eigenvalue weighted by Gasteiger charge is -2.23. The molecule has 3 aromatic rings. The van der Waals surface area contributed by atoms with Crippen molar-refractivity contribution in [3.05, 3.63) is 88.7 Å². The minimum absolute atomic E-state index is 0.135. The molecular weight excluding hydrogens is 341 g/mol. The smallest absolute Gasteiger partial charge is 0.254 e. The lowest BCUT2D eigenvalue weighted by atomic mass is 10.1. The minimum atomic E-state index is -0.404. The highest BCUT2D eigenvalue weighted by Crippen LogP contribution is 2.21. The van der Waals surface area contributed by atoms with Crippen LogP contribution < -0.4 is 0 Å². The summed E-state index contributed by atoms with van der Waals surface area (Å²) in [7, 11) is 1.87. The Balaban J connectivity index is 1.91. The van der Waals surface area contributed by atoms with E-state index in [0.717, 1.165) is 5.82 Å². The number of carbonyl (C=O) groups is 1. The van der Waals surface area contributed by atoms with E-state index in [2.05, 4.69) is 4.98 Å². The van der Waals surface area contributed by atoms with Gasteiger partial charge in [0.25, 0.3) is 5.91 Å². The van der Waals surface area contributed by atoms with Gasteiger partial charge in [0.1, 0.15) is 11.6 Å². The second-order valence-corrected chi connectivity index (χ2v) is 6.12. The molecule has 0 unspecified atom stereocenters. The fraction of sp³-hybridized carbons (Fsp3) is 0.158. The van der Waals surface area contributed by atoms with Crippen molar-refractivity contribution < 1.29 is 9.18 Å². The van der Waals surface area contributed by atoms with Crippen LogP contribution in [0.2, 0.25) is 5.02 Å². The van der Waals surface area contributed by atoms with Gasteiger partial charge >= 0.3 is 0 Å². The summed E-state index contributed by atoms with van der Waals surface area (Å²) in [6, 6.07) is 13.2. The SMILES string of the molecule is Cn1ccnc1CN(Cc1ccc(F)cc1Cl)C(=O)c1ccccc1. The third kappa shape index (κ3) is 4.06. The zero-order valence-corrected chi connectivity index (χ0v) is 14.4. The highest BCUT2D eigenvalue weighted by atomic mass is 35.5. The standard InChI is InChI=1S/C19H17ClFN3O/c1-23-10-9-22-18(23)13-24(19(25)14-5-3-2-4-6-14)12-15-7-8-16(21)11-17(15)20/h2-11H,12-13H2,1H3. The number of rotatable bonds is 5. The Kier molecular flexibility index (Phi) is 5.14. The topological polar surface area (TPSA) is 38.1 Å². The Morgan fingerprint density at radius 1 is 1.20 bits per heavy atom. The average Bonchev–Trinajstić information content (AvgIpc) is 3.01. The predicted octanol–water partition coefficient (Wildman–Crippen LogP) is 4.06. The molecule has 1 aromatic heterocycles. The van der Waals surface area contributed by atoms with Crippen molar-refractivity contribution in [2.24, 2.45) is 7.05 Å². The quantitative estimate of drug-likeness (QED) is 0.690. The number of halogens is 2. The fourth-order valence-corrected chi connectivity index (χ4v) is 2.76. The van der Waals surface area contributed by atoms with Gasteiger partial charge < -0.3 is 9.47 Å². The number of nitrogens with zero attached hydrogens (tertiary/aromatic N) is 3. The van der Waals surface area contributed by atoms with Crippen molar-refractivity contribution in [2.75, 3.05) is 0 Å². The normalized spacial score (nSPS) is 10.7. The second-order valence-electron chi connectivity index (χ2n) is 5.72. The average molecular weight is 358 g/mol. The summed E-state index contributed by atoms with van der Waals surface area (Å²) in [5.74, 6) is 0.213. The van der Waals surface area contributed by atoms with Crippen LogP contribution >= 0.6 is 11.6 Å². The van der Waals surface area contributed by atoms with Crippen LogP contribution in [0.1, 0.15) is 21.7 Å². The van der Waals surface area contributed by atoms with Gasteiger partial charge in [-0.1, -0.05) is 35.9 Å². The van der Waals surface area contributed by atoms with Crippen LogP contribution in [-0.4, -0.2) is 20.4 Å². The summed E-state index contributed by atoms with van der Waals surface area (Å²) < 4.78 is 15.1. The van der Waals surface area contributed by atoms with Crippen LogP contribution in [0.3, 0.4) is 0 Å². The summed E-state index contributed by atoms with van der Waals surface area (Å²) in [6.45, 7) is 0.588. The van der Waals surface area contributed by atoms with Crippen LogP contribution in [0.5, 0.6) is 0 Å². The predicted molar refractivity (Wildman–Crippen MR) is 94.6 cm³/mol. The van der Waals surface area contributed by atoms with Crippen LogP contribution in [0.15, 0.2) is 60.9 Å². The molecule has 1 heterocycles. The maximum atomic E-state index is 13.3. The summed E-state index contributed by atoms with van der Waals surface area (Å²) >= 11 is 6.14. The zero-order valence-electron chi connectivity index (χ0n) is 13.7. The van der Waals surface area contributed by atoms with Crippen molar-refractivity contribution in [3.63, 3.8) is 0 Å². The Bertz CT molecular complexity index is 879. The molecule has 128 valence electrons. The van der Waals surface area contributed by atoms with Gasteiger partial charge in [-0.2, -0.15) is 0 Å². The number of aryl methyl sites for hydroxylation is 1. The number of benzene rings is 2. The van der Waals surface area contributed by atoms with Gasteiger partial charge in [-0.05, 0) is 29.8 Å².